The fraction of sp³-hybridized carbons (Fsp3) is 0.231. The minimum absolute atomic E-state index is 0.0450. The van der Waals surface area contributed by atoms with Gasteiger partial charge in [-0.1, -0.05) is 18.2 Å². The first kappa shape index (κ1) is 10.1. The molecule has 0 bridgehead atoms. The van der Waals surface area contributed by atoms with Gasteiger partial charge in [0.25, 0.3) is 0 Å². The number of nitrogens with zero attached hydrogens (tertiary/aromatic N) is 2. The highest BCUT2D eigenvalue weighted by Gasteiger charge is 2.51. The van der Waals surface area contributed by atoms with Gasteiger partial charge in [-0.05, 0) is 25.1 Å². The number of carbonyl (C=O) groups is 2. The molecule has 1 aromatic rings. The first-order valence-corrected chi connectivity index (χ1v) is 5.52. The van der Waals surface area contributed by atoms with Gasteiger partial charge in [-0.2, -0.15) is 0 Å². The van der Waals surface area contributed by atoms with Gasteiger partial charge in [-0.15, -0.1) is 0 Å². The molecule has 0 aliphatic carbocycles. The van der Waals surface area contributed by atoms with Crippen molar-refractivity contribution in [2.75, 3.05) is 11.4 Å². The molecule has 0 N–H and O–H groups in total. The van der Waals surface area contributed by atoms with E-state index >= 15 is 0 Å². The molecule has 1 aromatic carbocycles. The van der Waals surface area contributed by atoms with E-state index < -0.39 is 5.66 Å². The number of para-hydroxylation sites is 1. The van der Waals surface area contributed by atoms with Crippen LogP contribution in [-0.4, -0.2) is 28.9 Å². The highest BCUT2D eigenvalue weighted by molar-refractivity contribution is 6.06. The number of benzene rings is 1. The second-order valence-corrected chi connectivity index (χ2v) is 4.42. The van der Waals surface area contributed by atoms with Crippen LogP contribution in [0.25, 0.3) is 0 Å². The molecule has 2 aliphatic rings. The Kier molecular flexibility index (Phi) is 1.90. The van der Waals surface area contributed by atoms with E-state index in [9.17, 15) is 9.59 Å². The zero-order valence-electron chi connectivity index (χ0n) is 9.46. The van der Waals surface area contributed by atoms with Crippen molar-refractivity contribution in [3.63, 3.8) is 0 Å². The van der Waals surface area contributed by atoms with Crippen molar-refractivity contribution in [1.29, 1.82) is 0 Å². The molecule has 1 fully saturated rings. The Bertz CT molecular complexity index is 523. The van der Waals surface area contributed by atoms with Crippen molar-refractivity contribution in [1.82, 2.24) is 4.90 Å². The van der Waals surface area contributed by atoms with Crippen LogP contribution < -0.4 is 4.90 Å². The van der Waals surface area contributed by atoms with Crippen LogP contribution in [0.5, 0.6) is 0 Å². The largest absolute Gasteiger partial charge is 0.303 e. The van der Waals surface area contributed by atoms with E-state index in [-0.39, 0.29) is 18.4 Å². The summed E-state index contributed by atoms with van der Waals surface area (Å²) in [5.74, 6) is -0.143. The maximum absolute atomic E-state index is 12.0. The van der Waals surface area contributed by atoms with Gasteiger partial charge in [0.2, 0.25) is 11.8 Å². The fourth-order valence-electron chi connectivity index (χ4n) is 2.51. The number of anilines is 1. The number of amides is 2. The summed E-state index contributed by atoms with van der Waals surface area (Å²) in [6.07, 6.45) is 3.32. The summed E-state index contributed by atoms with van der Waals surface area (Å²) in [5, 5.41) is 0. The molecule has 1 atom stereocenters. The van der Waals surface area contributed by atoms with Crippen molar-refractivity contribution in [2.24, 2.45) is 0 Å². The highest BCUT2D eigenvalue weighted by Crippen LogP contribution is 2.36. The normalized spacial score (nSPS) is 26.9. The first-order chi connectivity index (χ1) is 8.13. The van der Waals surface area contributed by atoms with Gasteiger partial charge in [0.05, 0.1) is 0 Å². The molecule has 0 saturated carbocycles. The summed E-state index contributed by atoms with van der Waals surface area (Å²) in [5.41, 5.74) is 0.178. The SMILES string of the molecule is CC12C=CC(=O)N1CC(=O)N2c1ccccc1. The first-order valence-electron chi connectivity index (χ1n) is 5.52. The van der Waals surface area contributed by atoms with E-state index in [0.29, 0.717) is 0 Å². The van der Waals surface area contributed by atoms with Gasteiger partial charge < -0.3 is 4.90 Å². The third-order valence-electron chi connectivity index (χ3n) is 3.36. The summed E-state index contributed by atoms with van der Waals surface area (Å²) >= 11 is 0. The summed E-state index contributed by atoms with van der Waals surface area (Å²) in [4.78, 5) is 26.9. The Labute approximate surface area is 99.1 Å². The van der Waals surface area contributed by atoms with Crippen LogP contribution in [0.1, 0.15) is 6.92 Å². The van der Waals surface area contributed by atoms with E-state index in [0.717, 1.165) is 5.69 Å². The van der Waals surface area contributed by atoms with Crippen molar-refractivity contribution in [3.05, 3.63) is 42.5 Å². The third-order valence-corrected chi connectivity index (χ3v) is 3.36. The number of fused-ring (bicyclic) bond motifs is 1. The molecule has 4 nitrogen and oxygen atoms in total. The van der Waals surface area contributed by atoms with Crippen LogP contribution in [0, 0.1) is 0 Å². The monoisotopic (exact) mass is 228 g/mol. The Morgan fingerprint density at radius 3 is 2.59 bits per heavy atom. The van der Waals surface area contributed by atoms with Crippen molar-refractivity contribution in [2.45, 2.75) is 12.6 Å². The Morgan fingerprint density at radius 2 is 1.88 bits per heavy atom. The molecular formula is C13H12N2O2. The molecule has 4 heteroatoms. The van der Waals surface area contributed by atoms with E-state index in [4.69, 9.17) is 0 Å². The van der Waals surface area contributed by atoms with Crippen LogP contribution in [0.2, 0.25) is 0 Å². The summed E-state index contributed by atoms with van der Waals surface area (Å²) in [7, 11) is 0. The number of carbonyl (C=O) groups excluding carboxylic acids is 2. The smallest absolute Gasteiger partial charge is 0.248 e. The van der Waals surface area contributed by atoms with E-state index in [1.807, 2.05) is 37.3 Å². The van der Waals surface area contributed by atoms with Crippen molar-refractivity contribution >= 4 is 17.5 Å². The van der Waals surface area contributed by atoms with Crippen molar-refractivity contribution in [3.8, 4) is 0 Å². The molecule has 0 aromatic heterocycles. The topological polar surface area (TPSA) is 40.6 Å². The van der Waals surface area contributed by atoms with Crippen LogP contribution in [0.4, 0.5) is 5.69 Å². The Balaban J connectivity index is 2.09. The summed E-state index contributed by atoms with van der Waals surface area (Å²) < 4.78 is 0. The fourth-order valence-corrected chi connectivity index (χ4v) is 2.51. The number of hydrogen-bond acceptors (Lipinski definition) is 2. The van der Waals surface area contributed by atoms with Crippen LogP contribution in [0.3, 0.4) is 0 Å². The van der Waals surface area contributed by atoms with E-state index in [1.165, 1.54) is 6.08 Å². The average Bonchev–Trinajstić information content (AvgIpc) is 2.74. The molecule has 0 spiro atoms. The zero-order valence-corrected chi connectivity index (χ0v) is 9.46. The average molecular weight is 228 g/mol. The minimum Gasteiger partial charge on any atom is -0.303 e. The van der Waals surface area contributed by atoms with Gasteiger partial charge in [-0.25, -0.2) is 0 Å². The quantitative estimate of drug-likeness (QED) is 0.723. The molecule has 2 aliphatic heterocycles. The van der Waals surface area contributed by atoms with Gasteiger partial charge in [0, 0.05) is 11.8 Å². The lowest BCUT2D eigenvalue weighted by Gasteiger charge is -2.34. The molecule has 1 saturated heterocycles. The molecule has 2 amide bonds. The lowest BCUT2D eigenvalue weighted by molar-refractivity contribution is -0.128. The maximum Gasteiger partial charge on any atom is 0.248 e. The Morgan fingerprint density at radius 1 is 1.18 bits per heavy atom. The lowest BCUT2D eigenvalue weighted by Crippen LogP contribution is -2.48. The molecular weight excluding hydrogens is 216 g/mol. The second-order valence-electron chi connectivity index (χ2n) is 4.42. The highest BCUT2D eigenvalue weighted by atomic mass is 16.2. The van der Waals surface area contributed by atoms with Crippen LogP contribution >= 0.6 is 0 Å². The third kappa shape index (κ3) is 1.24. The minimum atomic E-state index is -0.643. The van der Waals surface area contributed by atoms with Crippen LogP contribution in [-0.2, 0) is 9.59 Å². The van der Waals surface area contributed by atoms with E-state index in [2.05, 4.69) is 0 Å². The summed E-state index contributed by atoms with van der Waals surface area (Å²) in [6.45, 7) is 2.03. The molecule has 3 rings (SSSR count). The van der Waals surface area contributed by atoms with Gasteiger partial charge >= 0.3 is 0 Å². The Hall–Kier alpha value is -2.10. The second kappa shape index (κ2) is 3.20. The maximum atomic E-state index is 12.0. The van der Waals surface area contributed by atoms with Crippen LogP contribution in [0.15, 0.2) is 42.5 Å². The molecule has 17 heavy (non-hydrogen) atoms. The predicted molar refractivity (Wildman–Crippen MR) is 63.2 cm³/mol. The van der Waals surface area contributed by atoms with Crippen molar-refractivity contribution < 1.29 is 9.59 Å². The summed E-state index contributed by atoms with van der Waals surface area (Å²) in [6, 6.07) is 9.43. The van der Waals surface area contributed by atoms with Gasteiger partial charge in [-0.3, -0.25) is 14.5 Å². The number of hydrogen-bond donors (Lipinski definition) is 0. The zero-order chi connectivity index (χ0) is 12.0. The lowest BCUT2D eigenvalue weighted by atomic mass is 10.1. The molecule has 0 radical (unpaired) electrons. The standard InChI is InChI=1S/C13H12N2O2/c1-13-8-7-11(16)14(13)9-12(17)15(13)10-5-3-2-4-6-10/h2-8H,9H2,1H3. The molecule has 86 valence electrons. The van der Waals surface area contributed by atoms with Gasteiger partial charge in [0.1, 0.15) is 12.2 Å². The predicted octanol–water partition coefficient (Wildman–Crippen LogP) is 1.15. The van der Waals surface area contributed by atoms with E-state index in [1.54, 1.807) is 15.9 Å². The van der Waals surface area contributed by atoms with Gasteiger partial charge in [0.15, 0.2) is 0 Å². The molecule has 2 heterocycles. The number of rotatable bonds is 1. The molecule has 1 unspecified atom stereocenters.